The molecule has 0 saturated carbocycles. The lowest BCUT2D eigenvalue weighted by Gasteiger charge is -2.18. The summed E-state index contributed by atoms with van der Waals surface area (Å²) in [7, 11) is 3.87. The molecule has 2 N–H and O–H groups in total. The number of hydrogen-bond donors (Lipinski definition) is 1. The first-order chi connectivity index (χ1) is 9.45. The Bertz CT molecular complexity index is 623. The topological polar surface area (TPSA) is 47.1 Å². The van der Waals surface area contributed by atoms with Crippen LogP contribution in [0.15, 0.2) is 30.6 Å². The number of aromatic nitrogens is 2. The van der Waals surface area contributed by atoms with Gasteiger partial charge in [-0.05, 0) is 24.7 Å². The first kappa shape index (κ1) is 14.6. The standard InChI is InChI=1S/C14H17FN4S/c1-18(7-10-6-17-19(2)8-10)9-11-3-4-12(15)5-13(11)14(16)20/h3-6,8H,7,9H2,1-2H3,(H2,16,20). The van der Waals surface area contributed by atoms with E-state index in [2.05, 4.69) is 10.00 Å². The highest BCUT2D eigenvalue weighted by atomic mass is 32.1. The zero-order valence-corrected chi connectivity index (χ0v) is 12.3. The van der Waals surface area contributed by atoms with Gasteiger partial charge in [0.15, 0.2) is 0 Å². The number of halogens is 1. The first-order valence-electron chi connectivity index (χ1n) is 6.20. The fourth-order valence-electron chi connectivity index (χ4n) is 2.13. The van der Waals surface area contributed by atoms with E-state index < -0.39 is 0 Å². The molecular formula is C14H17FN4S. The van der Waals surface area contributed by atoms with Gasteiger partial charge in [-0.25, -0.2) is 4.39 Å². The van der Waals surface area contributed by atoms with Crippen molar-refractivity contribution >= 4 is 17.2 Å². The number of hydrogen-bond acceptors (Lipinski definition) is 3. The number of aryl methyl sites for hydroxylation is 1. The summed E-state index contributed by atoms with van der Waals surface area (Å²) in [6, 6.07) is 4.54. The number of thiocarbonyl (C=S) groups is 1. The molecule has 1 aromatic carbocycles. The van der Waals surface area contributed by atoms with E-state index in [1.54, 1.807) is 10.7 Å². The van der Waals surface area contributed by atoms with Gasteiger partial charge in [-0.3, -0.25) is 9.58 Å². The third kappa shape index (κ3) is 3.61. The fourth-order valence-corrected chi connectivity index (χ4v) is 2.32. The Morgan fingerprint density at radius 2 is 2.20 bits per heavy atom. The molecule has 0 radical (unpaired) electrons. The summed E-state index contributed by atoms with van der Waals surface area (Å²) < 4.78 is 15.0. The predicted molar refractivity (Wildman–Crippen MR) is 80.7 cm³/mol. The van der Waals surface area contributed by atoms with Gasteiger partial charge in [0.25, 0.3) is 0 Å². The number of benzene rings is 1. The van der Waals surface area contributed by atoms with Crippen LogP contribution in [0, 0.1) is 5.82 Å². The molecule has 0 fully saturated rings. The Labute approximate surface area is 123 Å². The molecular weight excluding hydrogens is 275 g/mol. The van der Waals surface area contributed by atoms with Crippen molar-refractivity contribution in [3.05, 3.63) is 53.1 Å². The number of rotatable bonds is 5. The van der Waals surface area contributed by atoms with Crippen LogP contribution in [-0.2, 0) is 20.1 Å². The summed E-state index contributed by atoms with van der Waals surface area (Å²) in [5.74, 6) is -0.327. The normalized spacial score (nSPS) is 11.0. The Morgan fingerprint density at radius 3 is 2.80 bits per heavy atom. The van der Waals surface area contributed by atoms with Crippen molar-refractivity contribution in [2.45, 2.75) is 13.1 Å². The summed E-state index contributed by atoms with van der Waals surface area (Å²) in [4.78, 5) is 2.32. The largest absolute Gasteiger partial charge is 0.389 e. The number of nitrogens with zero attached hydrogens (tertiary/aromatic N) is 3. The van der Waals surface area contributed by atoms with E-state index in [4.69, 9.17) is 18.0 Å². The lowest BCUT2D eigenvalue weighted by Crippen LogP contribution is -2.20. The second-order valence-corrected chi connectivity index (χ2v) is 5.30. The van der Waals surface area contributed by atoms with Crippen LogP contribution in [0.25, 0.3) is 0 Å². The van der Waals surface area contributed by atoms with Gasteiger partial charge in [0.1, 0.15) is 10.8 Å². The average Bonchev–Trinajstić information content (AvgIpc) is 2.76. The molecule has 0 saturated heterocycles. The molecule has 0 aliphatic carbocycles. The molecule has 2 aromatic rings. The maximum absolute atomic E-state index is 13.3. The molecule has 0 bridgehead atoms. The summed E-state index contributed by atoms with van der Waals surface area (Å²) in [6.45, 7) is 1.39. The highest BCUT2D eigenvalue weighted by Crippen LogP contribution is 2.14. The molecule has 4 nitrogen and oxygen atoms in total. The van der Waals surface area contributed by atoms with Crippen LogP contribution in [0.1, 0.15) is 16.7 Å². The molecule has 0 atom stereocenters. The Hall–Kier alpha value is -1.79. The molecule has 6 heteroatoms. The van der Waals surface area contributed by atoms with Gasteiger partial charge in [-0.2, -0.15) is 5.10 Å². The second-order valence-electron chi connectivity index (χ2n) is 4.86. The monoisotopic (exact) mass is 292 g/mol. The molecule has 1 heterocycles. The molecule has 0 aliphatic rings. The molecule has 0 amide bonds. The Morgan fingerprint density at radius 1 is 1.45 bits per heavy atom. The Kier molecular flexibility index (Phi) is 4.46. The molecule has 106 valence electrons. The Balaban J connectivity index is 2.11. The van der Waals surface area contributed by atoms with Crippen molar-refractivity contribution in [3.8, 4) is 0 Å². The third-order valence-electron chi connectivity index (χ3n) is 2.99. The van der Waals surface area contributed by atoms with Crippen molar-refractivity contribution in [1.82, 2.24) is 14.7 Å². The third-order valence-corrected chi connectivity index (χ3v) is 3.21. The van der Waals surface area contributed by atoms with Crippen LogP contribution in [0.5, 0.6) is 0 Å². The van der Waals surface area contributed by atoms with Crippen molar-refractivity contribution in [3.63, 3.8) is 0 Å². The van der Waals surface area contributed by atoms with E-state index in [1.165, 1.54) is 12.1 Å². The van der Waals surface area contributed by atoms with Gasteiger partial charge in [0, 0.05) is 37.5 Å². The van der Waals surface area contributed by atoms with E-state index in [0.29, 0.717) is 12.1 Å². The maximum atomic E-state index is 13.3. The van der Waals surface area contributed by atoms with Crippen molar-refractivity contribution < 1.29 is 4.39 Å². The zero-order chi connectivity index (χ0) is 14.7. The summed E-state index contributed by atoms with van der Waals surface area (Å²) in [5, 5.41) is 4.13. The number of nitrogens with two attached hydrogens (primary N) is 1. The maximum Gasteiger partial charge on any atom is 0.123 e. The second kappa shape index (κ2) is 6.11. The zero-order valence-electron chi connectivity index (χ0n) is 11.5. The van der Waals surface area contributed by atoms with Gasteiger partial charge in [-0.1, -0.05) is 18.3 Å². The van der Waals surface area contributed by atoms with E-state index in [9.17, 15) is 4.39 Å². The quantitative estimate of drug-likeness (QED) is 0.854. The fraction of sp³-hybridized carbons (Fsp3) is 0.286. The smallest absolute Gasteiger partial charge is 0.123 e. The summed E-state index contributed by atoms with van der Waals surface area (Å²) in [5.41, 5.74) is 8.28. The van der Waals surface area contributed by atoms with Crippen LogP contribution in [0.4, 0.5) is 4.39 Å². The van der Waals surface area contributed by atoms with Gasteiger partial charge in [-0.15, -0.1) is 0 Å². The average molecular weight is 292 g/mol. The lowest BCUT2D eigenvalue weighted by molar-refractivity contribution is 0.318. The van der Waals surface area contributed by atoms with Gasteiger partial charge in [0.05, 0.1) is 6.20 Å². The van der Waals surface area contributed by atoms with Crippen LogP contribution in [-0.4, -0.2) is 26.7 Å². The minimum atomic E-state index is -0.327. The van der Waals surface area contributed by atoms with Crippen LogP contribution in [0.3, 0.4) is 0 Å². The van der Waals surface area contributed by atoms with Crippen LogP contribution >= 0.6 is 12.2 Å². The predicted octanol–water partition coefficient (Wildman–Crippen LogP) is 1.83. The van der Waals surface area contributed by atoms with Gasteiger partial charge in [0.2, 0.25) is 0 Å². The van der Waals surface area contributed by atoms with Crippen LogP contribution in [0.2, 0.25) is 0 Å². The lowest BCUT2D eigenvalue weighted by atomic mass is 10.1. The summed E-state index contributed by atoms with van der Waals surface area (Å²) in [6.07, 6.45) is 3.80. The molecule has 0 unspecified atom stereocenters. The SMILES string of the molecule is CN(Cc1cnn(C)c1)Cc1ccc(F)cc1C(N)=S. The highest BCUT2D eigenvalue weighted by molar-refractivity contribution is 7.80. The molecule has 0 spiro atoms. The first-order valence-corrected chi connectivity index (χ1v) is 6.61. The summed E-state index contributed by atoms with van der Waals surface area (Å²) >= 11 is 4.97. The molecule has 0 aliphatic heterocycles. The van der Waals surface area contributed by atoms with Crippen molar-refractivity contribution in [1.29, 1.82) is 0 Å². The van der Waals surface area contributed by atoms with Crippen molar-refractivity contribution in [2.24, 2.45) is 12.8 Å². The minimum Gasteiger partial charge on any atom is -0.389 e. The van der Waals surface area contributed by atoms with Crippen LogP contribution < -0.4 is 5.73 Å². The minimum absolute atomic E-state index is 0.217. The van der Waals surface area contributed by atoms with E-state index in [-0.39, 0.29) is 10.8 Å². The molecule has 2 rings (SSSR count). The van der Waals surface area contributed by atoms with Gasteiger partial charge >= 0.3 is 0 Å². The highest BCUT2D eigenvalue weighted by Gasteiger charge is 2.10. The molecule has 1 aromatic heterocycles. The van der Waals surface area contributed by atoms with Gasteiger partial charge < -0.3 is 5.73 Å². The molecule has 20 heavy (non-hydrogen) atoms. The van der Waals surface area contributed by atoms with E-state index in [1.807, 2.05) is 26.5 Å². The van der Waals surface area contributed by atoms with E-state index >= 15 is 0 Å². The van der Waals surface area contributed by atoms with E-state index in [0.717, 1.165) is 17.7 Å². The van der Waals surface area contributed by atoms with Crippen molar-refractivity contribution in [2.75, 3.05) is 7.05 Å².